The van der Waals surface area contributed by atoms with E-state index >= 15 is 0 Å². The fourth-order valence-electron chi connectivity index (χ4n) is 3.52. The molecule has 104 valence electrons. The van der Waals surface area contributed by atoms with E-state index in [9.17, 15) is 9.90 Å². The van der Waals surface area contributed by atoms with Crippen LogP contribution in [0.25, 0.3) is 0 Å². The van der Waals surface area contributed by atoms with Gasteiger partial charge in [-0.05, 0) is 31.6 Å². The van der Waals surface area contributed by atoms with Gasteiger partial charge in [-0.2, -0.15) is 0 Å². The molecule has 1 aliphatic carbocycles. The average Bonchev–Trinajstić information content (AvgIpc) is 2.88. The van der Waals surface area contributed by atoms with Crippen molar-refractivity contribution < 1.29 is 9.90 Å². The monoisotopic (exact) mass is 253 g/mol. The minimum Gasteiger partial charge on any atom is -0.394 e. The highest BCUT2D eigenvalue weighted by atomic mass is 16.3. The second-order valence-corrected chi connectivity index (χ2v) is 5.96. The lowest BCUT2D eigenvalue weighted by Crippen LogP contribution is -2.37. The third-order valence-electron chi connectivity index (χ3n) is 4.64. The van der Waals surface area contributed by atoms with Gasteiger partial charge >= 0.3 is 0 Å². The maximum Gasteiger partial charge on any atom is 0.222 e. The Hall–Kier alpha value is -0.570. The number of hydrogen-bond acceptors (Lipinski definition) is 2. The van der Waals surface area contributed by atoms with Crippen LogP contribution in [0.5, 0.6) is 0 Å². The predicted octanol–water partition coefficient (Wildman–Crippen LogP) is 2.72. The number of amides is 1. The number of carbonyl (C=O) groups excluding carboxylic acids is 1. The van der Waals surface area contributed by atoms with E-state index in [1.54, 1.807) is 0 Å². The molecule has 1 amide bonds. The van der Waals surface area contributed by atoms with Crippen molar-refractivity contribution in [2.45, 2.75) is 70.3 Å². The number of aliphatic hydroxyl groups excluding tert-OH is 1. The fraction of sp³-hybridized carbons (Fsp3) is 0.933. The first-order chi connectivity index (χ1) is 8.81. The molecule has 0 bridgehead atoms. The molecule has 0 aromatic carbocycles. The van der Waals surface area contributed by atoms with E-state index in [4.69, 9.17) is 0 Å². The largest absolute Gasteiger partial charge is 0.394 e. The predicted molar refractivity (Wildman–Crippen MR) is 72.2 cm³/mol. The SMILES string of the molecule is O=C(CCCC1CCCCC1)N1CCCC1CO. The third kappa shape index (κ3) is 3.71. The van der Waals surface area contributed by atoms with Crippen molar-refractivity contribution in [3.05, 3.63) is 0 Å². The minimum absolute atomic E-state index is 0.104. The van der Waals surface area contributed by atoms with Crippen LogP contribution in [0.15, 0.2) is 0 Å². The number of carbonyl (C=O) groups is 1. The van der Waals surface area contributed by atoms with Crippen LogP contribution in [-0.2, 0) is 4.79 Å². The lowest BCUT2D eigenvalue weighted by molar-refractivity contribution is -0.132. The van der Waals surface area contributed by atoms with Crippen molar-refractivity contribution in [1.82, 2.24) is 4.90 Å². The normalized spacial score (nSPS) is 25.6. The molecule has 0 aromatic rings. The number of hydrogen-bond donors (Lipinski definition) is 1. The highest BCUT2D eigenvalue weighted by molar-refractivity contribution is 5.76. The van der Waals surface area contributed by atoms with E-state index in [0.717, 1.165) is 31.7 Å². The average molecular weight is 253 g/mol. The van der Waals surface area contributed by atoms with Crippen LogP contribution in [0.4, 0.5) is 0 Å². The molecule has 0 spiro atoms. The Kier molecular flexibility index (Phi) is 5.48. The maximum absolute atomic E-state index is 12.1. The minimum atomic E-state index is 0.104. The molecular formula is C15H27NO2. The highest BCUT2D eigenvalue weighted by Crippen LogP contribution is 2.28. The van der Waals surface area contributed by atoms with E-state index in [2.05, 4.69) is 0 Å². The quantitative estimate of drug-likeness (QED) is 0.818. The van der Waals surface area contributed by atoms with Crippen molar-refractivity contribution in [3.63, 3.8) is 0 Å². The maximum atomic E-state index is 12.1. The van der Waals surface area contributed by atoms with Gasteiger partial charge in [0.2, 0.25) is 5.91 Å². The number of rotatable bonds is 5. The van der Waals surface area contributed by atoms with Crippen LogP contribution >= 0.6 is 0 Å². The Labute approximate surface area is 111 Å². The zero-order valence-corrected chi connectivity index (χ0v) is 11.4. The molecule has 0 aromatic heterocycles. The first kappa shape index (κ1) is 13.9. The van der Waals surface area contributed by atoms with E-state index in [1.807, 2.05) is 4.90 Å². The van der Waals surface area contributed by atoms with Gasteiger partial charge in [0, 0.05) is 13.0 Å². The molecule has 2 rings (SSSR count). The molecule has 1 saturated heterocycles. The molecule has 0 radical (unpaired) electrons. The molecule has 18 heavy (non-hydrogen) atoms. The molecule has 1 N–H and O–H groups in total. The molecular weight excluding hydrogens is 226 g/mol. The van der Waals surface area contributed by atoms with E-state index in [0.29, 0.717) is 6.42 Å². The molecule has 1 aliphatic heterocycles. The van der Waals surface area contributed by atoms with Crippen molar-refractivity contribution in [2.24, 2.45) is 5.92 Å². The molecule has 1 atom stereocenters. The summed E-state index contributed by atoms with van der Waals surface area (Å²) in [6, 6.07) is 0.104. The Bertz CT molecular complexity index is 261. The number of aliphatic hydroxyl groups is 1. The van der Waals surface area contributed by atoms with Gasteiger partial charge in [-0.15, -0.1) is 0 Å². The van der Waals surface area contributed by atoms with Gasteiger partial charge in [0.25, 0.3) is 0 Å². The lowest BCUT2D eigenvalue weighted by atomic mass is 9.86. The first-order valence-electron chi connectivity index (χ1n) is 7.71. The Morgan fingerprint density at radius 2 is 1.89 bits per heavy atom. The summed E-state index contributed by atoms with van der Waals surface area (Å²) in [6.45, 7) is 0.988. The van der Waals surface area contributed by atoms with Gasteiger partial charge in [0.05, 0.1) is 12.6 Å². The van der Waals surface area contributed by atoms with Crippen LogP contribution in [-0.4, -0.2) is 35.1 Å². The fourth-order valence-corrected chi connectivity index (χ4v) is 3.52. The molecule has 2 aliphatic rings. The molecule has 3 nitrogen and oxygen atoms in total. The second kappa shape index (κ2) is 7.13. The Balaban J connectivity index is 1.64. The number of nitrogens with zero attached hydrogens (tertiary/aromatic N) is 1. The van der Waals surface area contributed by atoms with Crippen LogP contribution in [0, 0.1) is 5.92 Å². The standard InChI is InChI=1S/C15H27NO2/c17-12-14-9-5-11-16(14)15(18)10-4-8-13-6-2-1-3-7-13/h13-14,17H,1-12H2. The molecule has 2 fully saturated rings. The second-order valence-electron chi connectivity index (χ2n) is 5.96. The van der Waals surface area contributed by atoms with Crippen LogP contribution < -0.4 is 0 Å². The molecule has 1 unspecified atom stereocenters. The molecule has 3 heteroatoms. The van der Waals surface area contributed by atoms with Crippen LogP contribution in [0.3, 0.4) is 0 Å². The van der Waals surface area contributed by atoms with Crippen molar-refractivity contribution in [3.8, 4) is 0 Å². The zero-order valence-electron chi connectivity index (χ0n) is 11.4. The lowest BCUT2D eigenvalue weighted by Gasteiger charge is -2.24. The summed E-state index contributed by atoms with van der Waals surface area (Å²) in [5.74, 6) is 1.14. The summed E-state index contributed by atoms with van der Waals surface area (Å²) in [7, 11) is 0. The first-order valence-corrected chi connectivity index (χ1v) is 7.71. The smallest absolute Gasteiger partial charge is 0.222 e. The summed E-state index contributed by atoms with van der Waals surface area (Å²) in [6.07, 6.45) is 11.9. The highest BCUT2D eigenvalue weighted by Gasteiger charge is 2.27. The van der Waals surface area contributed by atoms with Gasteiger partial charge in [-0.3, -0.25) is 4.79 Å². The van der Waals surface area contributed by atoms with Crippen molar-refractivity contribution in [1.29, 1.82) is 0 Å². The van der Waals surface area contributed by atoms with Crippen molar-refractivity contribution in [2.75, 3.05) is 13.2 Å². The Morgan fingerprint density at radius 3 is 2.61 bits per heavy atom. The zero-order chi connectivity index (χ0) is 12.8. The Morgan fingerprint density at radius 1 is 1.11 bits per heavy atom. The summed E-state index contributed by atoms with van der Waals surface area (Å²) in [5.41, 5.74) is 0. The van der Waals surface area contributed by atoms with Crippen LogP contribution in [0.2, 0.25) is 0 Å². The topological polar surface area (TPSA) is 40.5 Å². The number of likely N-dealkylation sites (tertiary alicyclic amines) is 1. The van der Waals surface area contributed by atoms with E-state index in [1.165, 1.54) is 38.5 Å². The van der Waals surface area contributed by atoms with Gasteiger partial charge in [0.15, 0.2) is 0 Å². The third-order valence-corrected chi connectivity index (χ3v) is 4.64. The van der Waals surface area contributed by atoms with Gasteiger partial charge in [-0.25, -0.2) is 0 Å². The van der Waals surface area contributed by atoms with E-state index in [-0.39, 0.29) is 18.6 Å². The van der Waals surface area contributed by atoms with E-state index < -0.39 is 0 Å². The summed E-state index contributed by atoms with van der Waals surface area (Å²) >= 11 is 0. The van der Waals surface area contributed by atoms with Gasteiger partial charge in [0.1, 0.15) is 0 Å². The molecule has 1 saturated carbocycles. The van der Waals surface area contributed by atoms with Gasteiger partial charge < -0.3 is 10.0 Å². The van der Waals surface area contributed by atoms with Crippen molar-refractivity contribution >= 4 is 5.91 Å². The van der Waals surface area contributed by atoms with Crippen LogP contribution in [0.1, 0.15) is 64.2 Å². The summed E-state index contributed by atoms with van der Waals surface area (Å²) in [4.78, 5) is 14.0. The van der Waals surface area contributed by atoms with Gasteiger partial charge in [-0.1, -0.05) is 32.1 Å². The molecule has 1 heterocycles. The summed E-state index contributed by atoms with van der Waals surface area (Å²) in [5, 5.41) is 9.22. The summed E-state index contributed by atoms with van der Waals surface area (Å²) < 4.78 is 0.